The molecule has 162 valence electrons. The number of ether oxygens (including phenoxy) is 1. The van der Waals surface area contributed by atoms with Crippen molar-refractivity contribution in [2.45, 2.75) is 32.3 Å². The molecule has 0 aliphatic carbocycles. The number of thiazole rings is 1. The third-order valence-electron chi connectivity index (χ3n) is 6.08. The van der Waals surface area contributed by atoms with Gasteiger partial charge in [-0.2, -0.15) is 0 Å². The molecule has 2 heterocycles. The predicted octanol–water partition coefficient (Wildman–Crippen LogP) is 5.88. The van der Waals surface area contributed by atoms with Gasteiger partial charge < -0.3 is 9.64 Å². The molecule has 0 spiro atoms. The van der Waals surface area contributed by atoms with Gasteiger partial charge in [0.25, 0.3) is 5.19 Å². The first-order chi connectivity index (χ1) is 15.7. The third kappa shape index (κ3) is 4.53. The van der Waals surface area contributed by atoms with Crippen molar-refractivity contribution < 1.29 is 9.53 Å². The molecule has 1 aliphatic heterocycles. The zero-order chi connectivity index (χ0) is 21.9. The van der Waals surface area contributed by atoms with Crippen LogP contribution in [0.15, 0.2) is 72.8 Å². The number of carbonyl (C=O) groups is 1. The number of rotatable bonds is 5. The molecule has 0 atom stereocenters. The van der Waals surface area contributed by atoms with E-state index in [0.717, 1.165) is 46.9 Å². The number of benzene rings is 3. The fraction of sp³-hybridized carbons (Fsp3) is 0.259. The van der Waals surface area contributed by atoms with E-state index in [-0.39, 0.29) is 12.0 Å². The number of amides is 1. The van der Waals surface area contributed by atoms with Gasteiger partial charge in [0, 0.05) is 25.9 Å². The minimum Gasteiger partial charge on any atom is -0.467 e. The SMILES string of the molecule is Cc1cccc2sc(OC3CCN(C(=O)Cc4ccc(-c5ccccc5)cc4)CC3)nc12. The molecule has 0 N–H and O–H groups in total. The standard InChI is InChI=1S/C27H26N2O2S/c1-19-6-5-9-24-26(19)28-27(32-24)31-23-14-16-29(17-15-23)25(30)18-20-10-12-22(13-11-20)21-7-3-2-4-8-21/h2-13,23H,14-18H2,1H3. The van der Waals surface area contributed by atoms with E-state index in [4.69, 9.17) is 4.74 Å². The summed E-state index contributed by atoms with van der Waals surface area (Å²) in [5.41, 5.74) is 5.61. The van der Waals surface area contributed by atoms with Gasteiger partial charge in [0.2, 0.25) is 5.91 Å². The molecule has 1 fully saturated rings. The Kier molecular flexibility index (Phi) is 5.91. The molecule has 4 aromatic rings. The van der Waals surface area contributed by atoms with E-state index in [9.17, 15) is 4.79 Å². The van der Waals surface area contributed by atoms with Gasteiger partial charge in [-0.1, -0.05) is 78.1 Å². The number of para-hydroxylation sites is 1. The van der Waals surface area contributed by atoms with Gasteiger partial charge in [-0.3, -0.25) is 4.79 Å². The Bertz CT molecular complexity index is 1210. The van der Waals surface area contributed by atoms with Crippen molar-refractivity contribution in [3.8, 4) is 16.3 Å². The molecule has 0 radical (unpaired) electrons. The Balaban J connectivity index is 1.14. The van der Waals surface area contributed by atoms with Crippen molar-refractivity contribution in [1.29, 1.82) is 0 Å². The fourth-order valence-corrected chi connectivity index (χ4v) is 5.17. The summed E-state index contributed by atoms with van der Waals surface area (Å²) in [5, 5.41) is 0.734. The second kappa shape index (κ2) is 9.13. The smallest absolute Gasteiger partial charge is 0.274 e. The number of likely N-dealkylation sites (tertiary alicyclic amines) is 1. The van der Waals surface area contributed by atoms with Crippen LogP contribution >= 0.6 is 11.3 Å². The monoisotopic (exact) mass is 442 g/mol. The summed E-state index contributed by atoms with van der Waals surface area (Å²) in [7, 11) is 0. The maximum absolute atomic E-state index is 12.8. The molecule has 4 nitrogen and oxygen atoms in total. The summed E-state index contributed by atoms with van der Waals surface area (Å²) in [6.07, 6.45) is 2.24. The summed E-state index contributed by atoms with van der Waals surface area (Å²) < 4.78 is 7.32. The molecular formula is C27H26N2O2S. The molecule has 0 bridgehead atoms. The van der Waals surface area contributed by atoms with Crippen LogP contribution in [0, 0.1) is 6.92 Å². The van der Waals surface area contributed by atoms with Crippen LogP contribution < -0.4 is 4.74 Å². The number of nitrogens with zero attached hydrogens (tertiary/aromatic N) is 2. The zero-order valence-electron chi connectivity index (χ0n) is 18.2. The number of hydrogen-bond acceptors (Lipinski definition) is 4. The van der Waals surface area contributed by atoms with E-state index in [1.807, 2.05) is 23.1 Å². The average molecular weight is 443 g/mol. The van der Waals surface area contributed by atoms with E-state index < -0.39 is 0 Å². The van der Waals surface area contributed by atoms with E-state index in [1.54, 1.807) is 11.3 Å². The van der Waals surface area contributed by atoms with Gasteiger partial charge in [0.15, 0.2) is 0 Å². The lowest BCUT2D eigenvalue weighted by atomic mass is 10.0. The summed E-state index contributed by atoms with van der Waals surface area (Å²) in [6.45, 7) is 3.54. The summed E-state index contributed by atoms with van der Waals surface area (Å²) in [5.74, 6) is 0.187. The first kappa shape index (κ1) is 20.7. The van der Waals surface area contributed by atoms with E-state index in [2.05, 4.69) is 66.5 Å². The molecule has 5 heteroatoms. The first-order valence-electron chi connectivity index (χ1n) is 11.1. The Labute approximate surface area is 192 Å². The van der Waals surface area contributed by atoms with Crippen LogP contribution in [0.2, 0.25) is 0 Å². The lowest BCUT2D eigenvalue weighted by Gasteiger charge is -2.31. The highest BCUT2D eigenvalue weighted by molar-refractivity contribution is 7.20. The normalized spacial score (nSPS) is 14.6. The minimum absolute atomic E-state index is 0.116. The van der Waals surface area contributed by atoms with Crippen LogP contribution in [0.25, 0.3) is 21.3 Å². The Morgan fingerprint density at radius 2 is 1.69 bits per heavy atom. The number of piperidine rings is 1. The molecule has 1 aromatic heterocycles. The maximum atomic E-state index is 12.8. The van der Waals surface area contributed by atoms with Crippen molar-refractivity contribution >= 4 is 27.5 Å². The summed E-state index contributed by atoms with van der Waals surface area (Å²) in [4.78, 5) is 19.4. The van der Waals surface area contributed by atoms with Gasteiger partial charge in [-0.25, -0.2) is 4.98 Å². The molecule has 1 saturated heterocycles. The van der Waals surface area contributed by atoms with E-state index >= 15 is 0 Å². The molecule has 0 saturated carbocycles. The number of fused-ring (bicyclic) bond motifs is 1. The van der Waals surface area contributed by atoms with Gasteiger partial charge in [-0.15, -0.1) is 0 Å². The molecule has 1 aliphatic rings. The van der Waals surface area contributed by atoms with Crippen LogP contribution in [-0.2, 0) is 11.2 Å². The predicted molar refractivity (Wildman–Crippen MR) is 130 cm³/mol. The van der Waals surface area contributed by atoms with Crippen molar-refractivity contribution in [3.63, 3.8) is 0 Å². The van der Waals surface area contributed by atoms with Crippen molar-refractivity contribution in [3.05, 3.63) is 83.9 Å². The Morgan fingerprint density at radius 3 is 2.41 bits per heavy atom. The van der Waals surface area contributed by atoms with E-state index in [1.165, 1.54) is 16.7 Å². The van der Waals surface area contributed by atoms with Crippen LogP contribution in [0.1, 0.15) is 24.0 Å². The van der Waals surface area contributed by atoms with E-state index in [0.29, 0.717) is 6.42 Å². The average Bonchev–Trinajstić information content (AvgIpc) is 3.24. The van der Waals surface area contributed by atoms with Crippen LogP contribution in [0.3, 0.4) is 0 Å². The van der Waals surface area contributed by atoms with Gasteiger partial charge in [0.05, 0.1) is 16.6 Å². The number of carbonyl (C=O) groups excluding carboxylic acids is 1. The van der Waals surface area contributed by atoms with Crippen LogP contribution in [0.4, 0.5) is 0 Å². The lowest BCUT2D eigenvalue weighted by molar-refractivity contribution is -0.132. The minimum atomic E-state index is 0.116. The Morgan fingerprint density at radius 1 is 0.969 bits per heavy atom. The van der Waals surface area contributed by atoms with Crippen LogP contribution in [-0.4, -0.2) is 35.0 Å². The van der Waals surface area contributed by atoms with Crippen LogP contribution in [0.5, 0.6) is 5.19 Å². The van der Waals surface area contributed by atoms with Gasteiger partial charge in [-0.05, 0) is 35.2 Å². The highest BCUT2D eigenvalue weighted by Gasteiger charge is 2.25. The molecular weight excluding hydrogens is 416 g/mol. The molecule has 32 heavy (non-hydrogen) atoms. The first-order valence-corrected chi connectivity index (χ1v) is 11.9. The largest absolute Gasteiger partial charge is 0.467 e. The second-order valence-corrected chi connectivity index (χ2v) is 9.33. The number of hydrogen-bond donors (Lipinski definition) is 0. The molecule has 3 aromatic carbocycles. The highest BCUT2D eigenvalue weighted by atomic mass is 32.1. The molecule has 1 amide bonds. The molecule has 5 rings (SSSR count). The van der Waals surface area contributed by atoms with Crippen molar-refractivity contribution in [2.24, 2.45) is 0 Å². The second-order valence-electron chi connectivity index (χ2n) is 8.34. The number of aryl methyl sites for hydroxylation is 1. The summed E-state index contributed by atoms with van der Waals surface area (Å²) in [6, 6.07) is 24.8. The fourth-order valence-electron chi connectivity index (χ4n) is 4.21. The van der Waals surface area contributed by atoms with Gasteiger partial charge >= 0.3 is 0 Å². The zero-order valence-corrected chi connectivity index (χ0v) is 19.0. The van der Waals surface area contributed by atoms with Crippen molar-refractivity contribution in [1.82, 2.24) is 9.88 Å². The maximum Gasteiger partial charge on any atom is 0.274 e. The summed E-state index contributed by atoms with van der Waals surface area (Å²) >= 11 is 1.60. The highest BCUT2D eigenvalue weighted by Crippen LogP contribution is 2.31. The third-order valence-corrected chi connectivity index (χ3v) is 6.99. The Hall–Kier alpha value is -3.18. The topological polar surface area (TPSA) is 42.4 Å². The molecule has 0 unspecified atom stereocenters. The van der Waals surface area contributed by atoms with Crippen molar-refractivity contribution in [2.75, 3.05) is 13.1 Å². The quantitative estimate of drug-likeness (QED) is 0.387. The lowest BCUT2D eigenvalue weighted by Crippen LogP contribution is -2.42. The number of aromatic nitrogens is 1. The van der Waals surface area contributed by atoms with Gasteiger partial charge in [0.1, 0.15) is 6.10 Å².